The van der Waals surface area contributed by atoms with Crippen molar-refractivity contribution in [1.29, 1.82) is 0 Å². The number of hydrogen-bond donors (Lipinski definition) is 3. The highest BCUT2D eigenvalue weighted by molar-refractivity contribution is 7.89. The second-order valence-corrected chi connectivity index (χ2v) is 7.77. The smallest absolute Gasteiger partial charge is 0.309 e. The number of rotatable bonds is 11. The molecule has 22 heavy (non-hydrogen) atoms. The van der Waals surface area contributed by atoms with Gasteiger partial charge in [0.1, 0.15) is 0 Å². The predicted molar refractivity (Wildman–Crippen MR) is 81.9 cm³/mol. The molecule has 8 nitrogen and oxygen atoms in total. The number of carbonyl (C=O) groups excluding carboxylic acids is 1. The van der Waals surface area contributed by atoms with Crippen molar-refractivity contribution in [2.75, 3.05) is 25.4 Å². The van der Waals surface area contributed by atoms with E-state index in [2.05, 4.69) is 10.0 Å². The van der Waals surface area contributed by atoms with Gasteiger partial charge in [0.25, 0.3) is 0 Å². The Bertz CT molecular complexity index is 473. The van der Waals surface area contributed by atoms with Gasteiger partial charge in [-0.05, 0) is 34.1 Å². The van der Waals surface area contributed by atoms with Crippen molar-refractivity contribution in [1.82, 2.24) is 10.0 Å². The van der Waals surface area contributed by atoms with Crippen LogP contribution < -0.4 is 10.0 Å². The highest BCUT2D eigenvalue weighted by atomic mass is 32.2. The Hall–Kier alpha value is -1.19. The summed E-state index contributed by atoms with van der Waals surface area (Å²) in [5.41, 5.74) is -0.943. The van der Waals surface area contributed by atoms with Crippen molar-refractivity contribution in [3.63, 3.8) is 0 Å². The van der Waals surface area contributed by atoms with Gasteiger partial charge in [-0.15, -0.1) is 0 Å². The number of nitrogens with one attached hydrogen (secondary N) is 2. The maximum absolute atomic E-state index is 11.6. The van der Waals surface area contributed by atoms with Gasteiger partial charge in [0.05, 0.1) is 30.4 Å². The van der Waals surface area contributed by atoms with Gasteiger partial charge in [0.2, 0.25) is 15.9 Å². The first-order valence-corrected chi connectivity index (χ1v) is 8.70. The van der Waals surface area contributed by atoms with Crippen molar-refractivity contribution in [3.8, 4) is 0 Å². The van der Waals surface area contributed by atoms with Crippen molar-refractivity contribution in [3.05, 3.63) is 0 Å². The van der Waals surface area contributed by atoms with Gasteiger partial charge in [-0.3, -0.25) is 9.59 Å². The van der Waals surface area contributed by atoms with Crippen LogP contribution in [0.3, 0.4) is 0 Å². The average Bonchev–Trinajstić information content (AvgIpc) is 2.35. The standard InChI is InChI=1S/C13H26N2O6S/c1-10(2)21-7-8-22(19,20)15-9-11(16)14-6-5-13(3,4)12(17)18/h10,15H,5-9H2,1-4H3,(H,14,16)(H,17,18). The normalized spacial score (nSPS) is 12.4. The first-order chi connectivity index (χ1) is 9.96. The van der Waals surface area contributed by atoms with Crippen molar-refractivity contribution < 1.29 is 27.9 Å². The molecule has 1 amide bonds. The zero-order valence-electron chi connectivity index (χ0n) is 13.5. The second-order valence-electron chi connectivity index (χ2n) is 5.85. The van der Waals surface area contributed by atoms with Crippen molar-refractivity contribution >= 4 is 21.9 Å². The molecule has 130 valence electrons. The Morgan fingerprint density at radius 1 is 1.27 bits per heavy atom. The molecule has 0 atom stereocenters. The Labute approximate surface area is 131 Å². The van der Waals surface area contributed by atoms with E-state index in [1.165, 1.54) is 0 Å². The van der Waals surface area contributed by atoms with Crippen LogP contribution in [-0.4, -0.2) is 57.0 Å². The van der Waals surface area contributed by atoms with Crippen LogP contribution in [0.1, 0.15) is 34.1 Å². The highest BCUT2D eigenvalue weighted by Crippen LogP contribution is 2.19. The number of carboxylic acids is 1. The van der Waals surface area contributed by atoms with E-state index in [-0.39, 0.29) is 38.0 Å². The zero-order chi connectivity index (χ0) is 17.4. The van der Waals surface area contributed by atoms with E-state index in [1.54, 1.807) is 27.7 Å². The Morgan fingerprint density at radius 3 is 2.36 bits per heavy atom. The van der Waals surface area contributed by atoms with Crippen LogP contribution in [0.4, 0.5) is 0 Å². The number of carboxylic acid groups (broad SMARTS) is 1. The van der Waals surface area contributed by atoms with Crippen LogP contribution in [0, 0.1) is 5.41 Å². The fraction of sp³-hybridized carbons (Fsp3) is 0.846. The quantitative estimate of drug-likeness (QED) is 0.485. The van der Waals surface area contributed by atoms with Crippen molar-refractivity contribution in [2.45, 2.75) is 40.2 Å². The number of amides is 1. The number of hydrogen-bond acceptors (Lipinski definition) is 5. The highest BCUT2D eigenvalue weighted by Gasteiger charge is 2.26. The third-order valence-corrected chi connectivity index (χ3v) is 4.20. The molecule has 0 heterocycles. The lowest BCUT2D eigenvalue weighted by Gasteiger charge is -2.18. The molecule has 0 aliphatic heterocycles. The molecule has 0 aliphatic carbocycles. The molecule has 0 aromatic heterocycles. The van der Waals surface area contributed by atoms with E-state index in [4.69, 9.17) is 9.84 Å². The maximum Gasteiger partial charge on any atom is 0.309 e. The van der Waals surface area contributed by atoms with Gasteiger partial charge < -0.3 is 15.2 Å². The van der Waals surface area contributed by atoms with Crippen LogP contribution >= 0.6 is 0 Å². The number of carbonyl (C=O) groups is 2. The summed E-state index contributed by atoms with van der Waals surface area (Å²) in [7, 11) is -3.57. The molecule has 0 spiro atoms. The second kappa shape index (κ2) is 9.06. The van der Waals surface area contributed by atoms with Gasteiger partial charge in [-0.2, -0.15) is 0 Å². The van der Waals surface area contributed by atoms with E-state index in [0.717, 1.165) is 0 Å². The summed E-state index contributed by atoms with van der Waals surface area (Å²) in [5.74, 6) is -1.67. The molecule has 0 saturated heterocycles. The topological polar surface area (TPSA) is 122 Å². The minimum atomic E-state index is -3.57. The maximum atomic E-state index is 11.6. The molecule has 0 aromatic carbocycles. The molecular formula is C13H26N2O6S. The molecule has 0 radical (unpaired) electrons. The number of ether oxygens (including phenoxy) is 1. The molecule has 0 fully saturated rings. The molecule has 0 rings (SSSR count). The number of aliphatic carboxylic acids is 1. The molecule has 0 unspecified atom stereocenters. The van der Waals surface area contributed by atoms with E-state index in [1.807, 2.05) is 0 Å². The Kier molecular flexibility index (Phi) is 8.57. The lowest BCUT2D eigenvalue weighted by atomic mass is 9.90. The fourth-order valence-electron chi connectivity index (χ4n) is 1.33. The van der Waals surface area contributed by atoms with Crippen LogP contribution in [0.25, 0.3) is 0 Å². The minimum absolute atomic E-state index is 0.0570. The van der Waals surface area contributed by atoms with Crippen LogP contribution in [-0.2, 0) is 24.3 Å². The lowest BCUT2D eigenvalue weighted by molar-refractivity contribution is -0.147. The average molecular weight is 338 g/mol. The summed E-state index contributed by atoms with van der Waals surface area (Å²) >= 11 is 0. The summed E-state index contributed by atoms with van der Waals surface area (Å²) in [6.07, 6.45) is 0.194. The van der Waals surface area contributed by atoms with E-state index < -0.39 is 27.3 Å². The summed E-state index contributed by atoms with van der Waals surface area (Å²) in [4.78, 5) is 22.4. The van der Waals surface area contributed by atoms with E-state index >= 15 is 0 Å². The monoisotopic (exact) mass is 338 g/mol. The molecule has 0 bridgehead atoms. The minimum Gasteiger partial charge on any atom is -0.481 e. The van der Waals surface area contributed by atoms with E-state index in [9.17, 15) is 18.0 Å². The molecule has 0 aliphatic rings. The van der Waals surface area contributed by atoms with Gasteiger partial charge >= 0.3 is 5.97 Å². The first kappa shape index (κ1) is 20.8. The van der Waals surface area contributed by atoms with Gasteiger partial charge in [-0.1, -0.05) is 0 Å². The SMILES string of the molecule is CC(C)OCCS(=O)(=O)NCC(=O)NCCC(C)(C)C(=O)O. The molecule has 0 aromatic rings. The summed E-state index contributed by atoms with van der Waals surface area (Å²) < 4.78 is 30.5. The fourth-order valence-corrected chi connectivity index (χ4v) is 2.14. The number of sulfonamides is 1. The predicted octanol–water partition coefficient (Wildman–Crippen LogP) is -0.0521. The Balaban J connectivity index is 4.01. The zero-order valence-corrected chi connectivity index (χ0v) is 14.3. The van der Waals surface area contributed by atoms with Crippen LogP contribution in [0.5, 0.6) is 0 Å². The van der Waals surface area contributed by atoms with Crippen LogP contribution in [0.15, 0.2) is 0 Å². The summed E-state index contributed by atoms with van der Waals surface area (Å²) in [6.45, 7) is 6.55. The first-order valence-electron chi connectivity index (χ1n) is 7.05. The summed E-state index contributed by atoms with van der Waals surface area (Å²) in [5, 5.41) is 11.4. The van der Waals surface area contributed by atoms with Crippen molar-refractivity contribution in [2.24, 2.45) is 5.41 Å². The van der Waals surface area contributed by atoms with Crippen LogP contribution in [0.2, 0.25) is 0 Å². The van der Waals surface area contributed by atoms with Gasteiger partial charge in [0, 0.05) is 6.54 Å². The molecule has 0 saturated carbocycles. The largest absolute Gasteiger partial charge is 0.481 e. The molecular weight excluding hydrogens is 312 g/mol. The summed E-state index contributed by atoms with van der Waals surface area (Å²) in [6, 6.07) is 0. The molecule has 9 heteroatoms. The van der Waals surface area contributed by atoms with E-state index in [0.29, 0.717) is 0 Å². The lowest BCUT2D eigenvalue weighted by Crippen LogP contribution is -2.40. The van der Waals surface area contributed by atoms with Gasteiger partial charge in [0.15, 0.2) is 0 Å². The van der Waals surface area contributed by atoms with Gasteiger partial charge in [-0.25, -0.2) is 13.1 Å². The third-order valence-electron chi connectivity index (χ3n) is 2.91. The third kappa shape index (κ3) is 9.69. The molecule has 3 N–H and O–H groups in total. The Morgan fingerprint density at radius 2 is 1.86 bits per heavy atom.